The zero-order chi connectivity index (χ0) is 23.3. The van der Waals surface area contributed by atoms with Gasteiger partial charge in [-0.25, -0.2) is 8.42 Å². The Morgan fingerprint density at radius 2 is 1.59 bits per heavy atom. The maximum Gasteiger partial charge on any atom is 0.245 e. The SMILES string of the molecule is Cc1cc(Cl)ccc1NC(=O)CN(CCc1ccccc1)S(=O)(=O)c1cc(Cl)ccc1Cl. The number of carbonyl (C=O) groups is 1. The summed E-state index contributed by atoms with van der Waals surface area (Å²) >= 11 is 18.1. The molecule has 3 rings (SSSR count). The Balaban J connectivity index is 1.87. The Morgan fingerprint density at radius 1 is 0.938 bits per heavy atom. The highest BCUT2D eigenvalue weighted by Gasteiger charge is 2.29. The first kappa shape index (κ1) is 24.6. The van der Waals surface area contributed by atoms with E-state index < -0.39 is 15.9 Å². The van der Waals surface area contributed by atoms with Crippen molar-refractivity contribution in [3.05, 3.63) is 92.9 Å². The number of anilines is 1. The smallest absolute Gasteiger partial charge is 0.245 e. The fourth-order valence-electron chi connectivity index (χ4n) is 3.11. The van der Waals surface area contributed by atoms with Gasteiger partial charge in [0.05, 0.1) is 11.6 Å². The first-order valence-electron chi connectivity index (χ1n) is 9.72. The molecule has 1 N–H and O–H groups in total. The molecule has 3 aromatic carbocycles. The molecule has 0 spiro atoms. The molecule has 0 aliphatic rings. The molecule has 0 saturated heterocycles. The molecule has 0 atom stereocenters. The van der Waals surface area contributed by atoms with Gasteiger partial charge in [0.15, 0.2) is 0 Å². The van der Waals surface area contributed by atoms with Gasteiger partial charge in [-0.05, 0) is 60.9 Å². The van der Waals surface area contributed by atoms with Gasteiger partial charge in [-0.3, -0.25) is 4.79 Å². The van der Waals surface area contributed by atoms with E-state index >= 15 is 0 Å². The number of hydrogen-bond acceptors (Lipinski definition) is 3. The predicted octanol–water partition coefficient (Wildman–Crippen LogP) is 5.83. The third kappa shape index (κ3) is 6.24. The van der Waals surface area contributed by atoms with Crippen molar-refractivity contribution in [2.75, 3.05) is 18.4 Å². The van der Waals surface area contributed by atoms with Crippen molar-refractivity contribution in [1.29, 1.82) is 0 Å². The fraction of sp³-hybridized carbons (Fsp3) is 0.174. The van der Waals surface area contributed by atoms with Crippen LogP contribution in [-0.2, 0) is 21.2 Å². The quantitative estimate of drug-likeness (QED) is 0.414. The van der Waals surface area contributed by atoms with E-state index in [1.54, 1.807) is 25.1 Å². The Morgan fingerprint density at radius 3 is 2.28 bits per heavy atom. The first-order chi connectivity index (χ1) is 15.2. The zero-order valence-corrected chi connectivity index (χ0v) is 20.3. The number of amides is 1. The van der Waals surface area contributed by atoms with E-state index in [1.807, 2.05) is 30.3 Å². The van der Waals surface area contributed by atoms with E-state index in [0.717, 1.165) is 15.4 Å². The minimum absolute atomic E-state index is 0.0352. The second-order valence-corrected chi connectivity index (χ2v) is 10.3. The second kappa shape index (κ2) is 10.7. The second-order valence-electron chi connectivity index (χ2n) is 7.16. The van der Waals surface area contributed by atoms with Crippen LogP contribution < -0.4 is 5.32 Å². The molecule has 0 aliphatic heterocycles. The summed E-state index contributed by atoms with van der Waals surface area (Å²) in [6.07, 6.45) is 0.422. The molecule has 0 bridgehead atoms. The summed E-state index contributed by atoms with van der Waals surface area (Å²) in [7, 11) is -4.09. The Hall–Kier alpha value is -2.09. The largest absolute Gasteiger partial charge is 0.325 e. The Bertz CT molecular complexity index is 1220. The predicted molar refractivity (Wildman–Crippen MR) is 130 cm³/mol. The molecule has 1 amide bonds. The van der Waals surface area contributed by atoms with Crippen LogP contribution in [0.2, 0.25) is 15.1 Å². The van der Waals surface area contributed by atoms with Gasteiger partial charge in [-0.1, -0.05) is 65.1 Å². The number of sulfonamides is 1. The molecule has 0 saturated carbocycles. The van der Waals surface area contributed by atoms with Gasteiger partial charge in [0, 0.05) is 22.3 Å². The number of halogens is 3. The average molecular weight is 512 g/mol. The zero-order valence-electron chi connectivity index (χ0n) is 17.2. The monoisotopic (exact) mass is 510 g/mol. The van der Waals surface area contributed by atoms with Crippen molar-refractivity contribution in [1.82, 2.24) is 4.31 Å². The number of rotatable bonds is 8. The van der Waals surface area contributed by atoms with Gasteiger partial charge in [-0.15, -0.1) is 0 Å². The van der Waals surface area contributed by atoms with Gasteiger partial charge in [0.25, 0.3) is 0 Å². The van der Waals surface area contributed by atoms with Gasteiger partial charge in [0.2, 0.25) is 15.9 Å². The van der Waals surface area contributed by atoms with Crippen LogP contribution in [0.1, 0.15) is 11.1 Å². The van der Waals surface area contributed by atoms with E-state index in [1.165, 1.54) is 18.2 Å². The minimum atomic E-state index is -4.09. The van der Waals surface area contributed by atoms with Crippen molar-refractivity contribution < 1.29 is 13.2 Å². The van der Waals surface area contributed by atoms with Gasteiger partial charge < -0.3 is 5.32 Å². The molecular weight excluding hydrogens is 491 g/mol. The summed E-state index contributed by atoms with van der Waals surface area (Å²) in [6.45, 7) is 1.50. The van der Waals surface area contributed by atoms with Crippen molar-refractivity contribution in [2.45, 2.75) is 18.2 Å². The minimum Gasteiger partial charge on any atom is -0.325 e. The molecule has 0 aromatic heterocycles. The van der Waals surface area contributed by atoms with E-state index in [-0.39, 0.29) is 28.0 Å². The highest BCUT2D eigenvalue weighted by molar-refractivity contribution is 7.89. The third-order valence-corrected chi connectivity index (χ3v) is 7.58. The van der Waals surface area contributed by atoms with E-state index in [4.69, 9.17) is 34.8 Å². The van der Waals surface area contributed by atoms with Gasteiger partial charge in [0.1, 0.15) is 4.90 Å². The maximum absolute atomic E-state index is 13.4. The van der Waals surface area contributed by atoms with Crippen LogP contribution in [0.25, 0.3) is 0 Å². The van der Waals surface area contributed by atoms with Crippen LogP contribution in [0.3, 0.4) is 0 Å². The van der Waals surface area contributed by atoms with Crippen molar-refractivity contribution in [2.24, 2.45) is 0 Å². The van der Waals surface area contributed by atoms with E-state index in [0.29, 0.717) is 17.1 Å². The lowest BCUT2D eigenvalue weighted by molar-refractivity contribution is -0.116. The normalized spacial score (nSPS) is 11.5. The van der Waals surface area contributed by atoms with Crippen molar-refractivity contribution in [3.63, 3.8) is 0 Å². The molecule has 3 aromatic rings. The van der Waals surface area contributed by atoms with Crippen LogP contribution in [0.15, 0.2) is 71.6 Å². The van der Waals surface area contributed by atoms with Crippen molar-refractivity contribution >= 4 is 56.4 Å². The molecule has 0 fully saturated rings. The van der Waals surface area contributed by atoms with Crippen LogP contribution >= 0.6 is 34.8 Å². The standard InChI is InChI=1S/C23H21Cl3N2O3S/c1-16-13-18(24)8-10-21(16)27-23(29)15-28(12-11-17-5-3-2-4-6-17)32(30,31)22-14-19(25)7-9-20(22)26/h2-10,13-14H,11-12,15H2,1H3,(H,27,29). The van der Waals surface area contributed by atoms with Gasteiger partial charge in [-0.2, -0.15) is 4.31 Å². The summed E-state index contributed by atoms with van der Waals surface area (Å²) in [6, 6.07) is 18.7. The Labute approximate surface area is 203 Å². The molecule has 5 nitrogen and oxygen atoms in total. The highest BCUT2D eigenvalue weighted by atomic mass is 35.5. The van der Waals surface area contributed by atoms with Crippen LogP contribution in [0.4, 0.5) is 5.69 Å². The topological polar surface area (TPSA) is 66.5 Å². The number of aryl methyl sites for hydroxylation is 1. The molecule has 0 heterocycles. The van der Waals surface area contributed by atoms with E-state index in [9.17, 15) is 13.2 Å². The Kier molecular flexibility index (Phi) is 8.20. The van der Waals surface area contributed by atoms with E-state index in [2.05, 4.69) is 5.32 Å². The highest BCUT2D eigenvalue weighted by Crippen LogP contribution is 2.28. The molecule has 0 radical (unpaired) electrons. The molecule has 0 aliphatic carbocycles. The molecule has 0 unspecified atom stereocenters. The number of nitrogens with zero attached hydrogens (tertiary/aromatic N) is 1. The number of nitrogens with one attached hydrogen (secondary N) is 1. The first-order valence-corrected chi connectivity index (χ1v) is 12.3. The number of benzene rings is 3. The molecule has 32 heavy (non-hydrogen) atoms. The van der Waals surface area contributed by atoms with Crippen LogP contribution in [0, 0.1) is 6.92 Å². The lowest BCUT2D eigenvalue weighted by atomic mass is 10.1. The lowest BCUT2D eigenvalue weighted by Gasteiger charge is -2.23. The fourth-order valence-corrected chi connectivity index (χ4v) is 5.47. The lowest BCUT2D eigenvalue weighted by Crippen LogP contribution is -2.39. The average Bonchev–Trinajstić information content (AvgIpc) is 2.75. The van der Waals surface area contributed by atoms with Crippen LogP contribution in [0.5, 0.6) is 0 Å². The summed E-state index contributed by atoms with van der Waals surface area (Å²) in [5, 5.41) is 3.57. The summed E-state index contributed by atoms with van der Waals surface area (Å²) in [5.74, 6) is -0.481. The van der Waals surface area contributed by atoms with Crippen LogP contribution in [-0.4, -0.2) is 31.7 Å². The maximum atomic E-state index is 13.4. The van der Waals surface area contributed by atoms with Gasteiger partial charge >= 0.3 is 0 Å². The molecular formula is C23H21Cl3N2O3S. The summed E-state index contributed by atoms with van der Waals surface area (Å²) in [4.78, 5) is 12.6. The van der Waals surface area contributed by atoms with Crippen molar-refractivity contribution in [3.8, 4) is 0 Å². The number of carbonyl (C=O) groups excluding carboxylic acids is 1. The third-order valence-electron chi connectivity index (χ3n) is 4.79. The molecule has 9 heteroatoms. The number of hydrogen-bond donors (Lipinski definition) is 1. The molecule has 168 valence electrons. The summed E-state index contributed by atoms with van der Waals surface area (Å²) < 4.78 is 27.9. The summed E-state index contributed by atoms with van der Waals surface area (Å²) in [5.41, 5.74) is 2.27.